The summed E-state index contributed by atoms with van der Waals surface area (Å²) in [4.78, 5) is 26.1. The number of hydrogen-bond acceptors (Lipinski definition) is 8. The lowest BCUT2D eigenvalue weighted by Gasteiger charge is -2.12. The van der Waals surface area contributed by atoms with Crippen LogP contribution >= 0.6 is 0 Å². The fraction of sp³-hybridized carbons (Fsp3) is 0.417. The maximum atomic E-state index is 11.6. The van der Waals surface area contributed by atoms with E-state index in [0.717, 1.165) is 0 Å². The van der Waals surface area contributed by atoms with E-state index in [1.807, 2.05) is 14.1 Å². The van der Waals surface area contributed by atoms with Gasteiger partial charge in [0.1, 0.15) is 0 Å². The molecule has 0 bridgehead atoms. The van der Waals surface area contributed by atoms with Crippen molar-refractivity contribution in [2.24, 2.45) is 0 Å². The molecule has 0 unspecified atom stereocenters. The number of nitrogens with one attached hydrogen (secondary N) is 1. The first-order chi connectivity index (χ1) is 10.0. The van der Waals surface area contributed by atoms with Crippen molar-refractivity contribution in [3.05, 3.63) is 18.0 Å². The third-order valence-corrected chi connectivity index (χ3v) is 2.53. The molecule has 1 N–H and O–H groups in total. The van der Waals surface area contributed by atoms with Gasteiger partial charge in [0.2, 0.25) is 11.9 Å². The maximum absolute atomic E-state index is 11.6. The van der Waals surface area contributed by atoms with Gasteiger partial charge in [-0.3, -0.25) is 0 Å². The van der Waals surface area contributed by atoms with Crippen molar-refractivity contribution >= 4 is 17.9 Å². The third kappa shape index (κ3) is 3.25. The van der Waals surface area contributed by atoms with Crippen LogP contribution in [-0.2, 0) is 4.74 Å². The second-order valence-electron chi connectivity index (χ2n) is 4.30. The highest BCUT2D eigenvalue weighted by Gasteiger charge is 2.13. The maximum Gasteiger partial charge on any atom is 0.341 e. The predicted molar refractivity (Wildman–Crippen MR) is 76.8 cm³/mol. The van der Waals surface area contributed by atoms with E-state index in [9.17, 15) is 4.79 Å². The van der Waals surface area contributed by atoms with Gasteiger partial charge in [-0.15, -0.1) is 0 Å². The molecule has 2 aromatic rings. The molecular formula is C12H17N7O2. The van der Waals surface area contributed by atoms with E-state index in [4.69, 9.17) is 4.74 Å². The predicted octanol–water partition coefficient (Wildman–Crippen LogP) is 0.342. The smallest absolute Gasteiger partial charge is 0.341 e. The Hall–Kier alpha value is -2.71. The Kier molecular flexibility index (Phi) is 4.31. The number of aromatic nitrogens is 5. The molecular weight excluding hydrogens is 274 g/mol. The number of hydrogen-bond donors (Lipinski definition) is 1. The number of ether oxygens (including phenoxy) is 1. The average molecular weight is 291 g/mol. The molecule has 0 saturated heterocycles. The first-order valence-electron chi connectivity index (χ1n) is 6.38. The van der Waals surface area contributed by atoms with Crippen LogP contribution in [0.15, 0.2) is 12.4 Å². The second kappa shape index (κ2) is 6.16. The zero-order valence-electron chi connectivity index (χ0n) is 12.4. The van der Waals surface area contributed by atoms with Crippen LogP contribution in [0.25, 0.3) is 5.95 Å². The molecule has 2 aromatic heterocycles. The number of esters is 1. The average Bonchev–Trinajstić information content (AvgIpc) is 2.97. The quantitative estimate of drug-likeness (QED) is 0.788. The van der Waals surface area contributed by atoms with E-state index in [1.54, 1.807) is 18.9 Å². The van der Waals surface area contributed by atoms with Crippen molar-refractivity contribution in [2.75, 3.05) is 38.0 Å². The summed E-state index contributed by atoms with van der Waals surface area (Å²) in [6, 6.07) is 0. The number of carbonyl (C=O) groups is 1. The number of rotatable bonds is 5. The van der Waals surface area contributed by atoms with Gasteiger partial charge in [0.25, 0.3) is 5.95 Å². The summed E-state index contributed by atoms with van der Waals surface area (Å²) < 4.78 is 6.32. The molecule has 0 amide bonds. The molecule has 0 spiro atoms. The van der Waals surface area contributed by atoms with Gasteiger partial charge in [0, 0.05) is 27.3 Å². The number of anilines is 2. The molecule has 0 radical (unpaired) electrons. The topological polar surface area (TPSA) is 98.1 Å². The molecule has 0 aliphatic heterocycles. The van der Waals surface area contributed by atoms with E-state index in [1.165, 1.54) is 17.1 Å². The standard InChI is InChI=1S/C12H17N7O2/c1-5-21-9(20)8-6-14-19(7-8)12-16-10(13-2)15-11(17-12)18(3)4/h6-7H,5H2,1-4H3,(H,13,15,16,17). The highest BCUT2D eigenvalue weighted by molar-refractivity contribution is 5.88. The van der Waals surface area contributed by atoms with Gasteiger partial charge in [-0.2, -0.15) is 20.1 Å². The van der Waals surface area contributed by atoms with Crippen molar-refractivity contribution in [2.45, 2.75) is 6.92 Å². The zero-order valence-corrected chi connectivity index (χ0v) is 12.4. The van der Waals surface area contributed by atoms with E-state index in [-0.39, 0.29) is 0 Å². The summed E-state index contributed by atoms with van der Waals surface area (Å²) in [6.07, 6.45) is 2.93. The van der Waals surface area contributed by atoms with Crippen molar-refractivity contribution in [3.63, 3.8) is 0 Å². The summed E-state index contributed by atoms with van der Waals surface area (Å²) in [5.74, 6) is 0.780. The Bertz CT molecular complexity index is 638. The molecule has 0 aliphatic carbocycles. The Labute approximate surface area is 122 Å². The second-order valence-corrected chi connectivity index (χ2v) is 4.30. The third-order valence-electron chi connectivity index (χ3n) is 2.53. The molecule has 9 heteroatoms. The fourth-order valence-electron chi connectivity index (χ4n) is 1.52. The van der Waals surface area contributed by atoms with Gasteiger partial charge < -0.3 is 15.0 Å². The Morgan fingerprint density at radius 1 is 1.38 bits per heavy atom. The SMILES string of the molecule is CCOC(=O)c1cnn(-c2nc(NC)nc(N(C)C)n2)c1. The first kappa shape index (κ1) is 14.7. The summed E-state index contributed by atoms with van der Waals surface area (Å²) in [6.45, 7) is 2.06. The van der Waals surface area contributed by atoms with Crippen molar-refractivity contribution < 1.29 is 9.53 Å². The van der Waals surface area contributed by atoms with E-state index >= 15 is 0 Å². The van der Waals surface area contributed by atoms with Crippen molar-refractivity contribution in [1.29, 1.82) is 0 Å². The molecule has 0 aliphatic rings. The zero-order chi connectivity index (χ0) is 15.4. The van der Waals surface area contributed by atoms with Crippen LogP contribution in [0.2, 0.25) is 0 Å². The molecule has 2 heterocycles. The lowest BCUT2D eigenvalue weighted by Crippen LogP contribution is -2.17. The van der Waals surface area contributed by atoms with Crippen LogP contribution in [0.1, 0.15) is 17.3 Å². The van der Waals surface area contributed by atoms with Crippen LogP contribution in [0.3, 0.4) is 0 Å². The van der Waals surface area contributed by atoms with Gasteiger partial charge in [-0.1, -0.05) is 0 Å². The van der Waals surface area contributed by atoms with Crippen LogP contribution in [0.5, 0.6) is 0 Å². The minimum atomic E-state index is -0.431. The highest BCUT2D eigenvalue weighted by atomic mass is 16.5. The largest absolute Gasteiger partial charge is 0.462 e. The van der Waals surface area contributed by atoms with Crippen molar-refractivity contribution in [1.82, 2.24) is 24.7 Å². The van der Waals surface area contributed by atoms with Gasteiger partial charge in [0.05, 0.1) is 18.4 Å². The lowest BCUT2D eigenvalue weighted by atomic mass is 10.4. The molecule has 0 atom stereocenters. The van der Waals surface area contributed by atoms with Gasteiger partial charge in [-0.25, -0.2) is 9.48 Å². The number of carbonyl (C=O) groups excluding carboxylic acids is 1. The highest BCUT2D eigenvalue weighted by Crippen LogP contribution is 2.11. The van der Waals surface area contributed by atoms with Crippen LogP contribution in [0.4, 0.5) is 11.9 Å². The number of nitrogens with zero attached hydrogens (tertiary/aromatic N) is 6. The minimum absolute atomic E-state index is 0.310. The molecule has 2 rings (SSSR count). The van der Waals surface area contributed by atoms with E-state index in [0.29, 0.717) is 30.0 Å². The summed E-state index contributed by atoms with van der Waals surface area (Å²) in [5, 5.41) is 6.94. The van der Waals surface area contributed by atoms with Crippen LogP contribution < -0.4 is 10.2 Å². The van der Waals surface area contributed by atoms with Gasteiger partial charge >= 0.3 is 5.97 Å². The fourth-order valence-corrected chi connectivity index (χ4v) is 1.52. The summed E-state index contributed by atoms with van der Waals surface area (Å²) in [7, 11) is 5.36. The Morgan fingerprint density at radius 3 is 2.76 bits per heavy atom. The minimum Gasteiger partial charge on any atom is -0.462 e. The molecule has 0 aromatic carbocycles. The molecule has 21 heavy (non-hydrogen) atoms. The Morgan fingerprint density at radius 2 is 2.14 bits per heavy atom. The molecule has 9 nitrogen and oxygen atoms in total. The monoisotopic (exact) mass is 291 g/mol. The lowest BCUT2D eigenvalue weighted by molar-refractivity contribution is 0.0526. The van der Waals surface area contributed by atoms with E-state index < -0.39 is 5.97 Å². The normalized spacial score (nSPS) is 10.3. The Balaban J connectivity index is 2.37. The van der Waals surface area contributed by atoms with Gasteiger partial charge in [0.15, 0.2) is 0 Å². The van der Waals surface area contributed by atoms with Gasteiger partial charge in [-0.05, 0) is 6.92 Å². The van der Waals surface area contributed by atoms with Crippen LogP contribution in [-0.4, -0.2) is 58.5 Å². The molecule has 112 valence electrons. The molecule has 0 fully saturated rings. The summed E-state index contributed by atoms with van der Waals surface area (Å²) in [5.41, 5.74) is 0.342. The first-order valence-corrected chi connectivity index (χ1v) is 6.38. The molecule has 0 saturated carbocycles. The van der Waals surface area contributed by atoms with Crippen LogP contribution in [0, 0.1) is 0 Å². The summed E-state index contributed by atoms with van der Waals surface area (Å²) >= 11 is 0. The van der Waals surface area contributed by atoms with Crippen molar-refractivity contribution in [3.8, 4) is 5.95 Å². The van der Waals surface area contributed by atoms with E-state index in [2.05, 4.69) is 25.4 Å².